The van der Waals surface area contributed by atoms with Crippen LogP contribution in [0.2, 0.25) is 0 Å². The lowest BCUT2D eigenvalue weighted by Gasteiger charge is -2.18. The second-order valence-electron chi connectivity index (χ2n) is 4.25. The van der Waals surface area contributed by atoms with E-state index in [-0.39, 0.29) is 0 Å². The highest BCUT2D eigenvalue weighted by atomic mass is 32.2. The van der Waals surface area contributed by atoms with Crippen molar-refractivity contribution in [1.29, 1.82) is 0 Å². The first-order chi connectivity index (χ1) is 8.69. The number of rotatable bonds is 8. The van der Waals surface area contributed by atoms with Gasteiger partial charge in [-0.15, -0.1) is 0 Å². The molecule has 102 valence electrons. The summed E-state index contributed by atoms with van der Waals surface area (Å²) in [7, 11) is 0. The molecule has 4 heteroatoms. The third kappa shape index (κ3) is 4.88. The number of nitrogen functional groups attached to an aromatic ring is 1. The molecule has 0 saturated heterocycles. The Hall–Kier alpha value is -0.710. The van der Waals surface area contributed by atoms with E-state index in [1.807, 2.05) is 24.3 Å². The molecule has 1 aromatic carbocycles. The van der Waals surface area contributed by atoms with Gasteiger partial charge in [-0.3, -0.25) is 0 Å². The lowest BCUT2D eigenvalue weighted by atomic mass is 10.1. The molecule has 0 aliphatic rings. The van der Waals surface area contributed by atoms with E-state index < -0.39 is 6.10 Å². The minimum Gasteiger partial charge on any atom is -0.398 e. The standard InChI is InChI=1S/C14H24N2OS/c1-3-16(4-2)9-10-18-11-14(17)12-7-5-6-8-13(12)15/h5-8,14,17H,3-4,9-11,15H2,1-2H3. The van der Waals surface area contributed by atoms with Gasteiger partial charge in [0, 0.05) is 29.3 Å². The molecule has 18 heavy (non-hydrogen) atoms. The predicted octanol–water partition coefficient (Wildman–Crippen LogP) is 2.38. The van der Waals surface area contributed by atoms with Crippen molar-refractivity contribution in [3.05, 3.63) is 29.8 Å². The lowest BCUT2D eigenvalue weighted by molar-refractivity contribution is 0.205. The van der Waals surface area contributed by atoms with Gasteiger partial charge in [0.25, 0.3) is 0 Å². The van der Waals surface area contributed by atoms with E-state index in [0.29, 0.717) is 11.4 Å². The van der Waals surface area contributed by atoms with E-state index in [2.05, 4.69) is 18.7 Å². The first-order valence-electron chi connectivity index (χ1n) is 6.51. The summed E-state index contributed by atoms with van der Waals surface area (Å²) in [5, 5.41) is 10.1. The van der Waals surface area contributed by atoms with Gasteiger partial charge in [0.05, 0.1) is 6.10 Å². The Morgan fingerprint density at radius 1 is 1.28 bits per heavy atom. The molecule has 0 spiro atoms. The number of para-hydroxylation sites is 1. The average molecular weight is 268 g/mol. The lowest BCUT2D eigenvalue weighted by Crippen LogP contribution is -2.25. The molecule has 1 unspecified atom stereocenters. The number of aliphatic hydroxyl groups is 1. The Bertz CT molecular complexity index is 342. The maximum absolute atomic E-state index is 10.1. The third-order valence-corrected chi connectivity index (χ3v) is 4.10. The summed E-state index contributed by atoms with van der Waals surface area (Å²) in [4.78, 5) is 2.39. The van der Waals surface area contributed by atoms with Crippen molar-refractivity contribution >= 4 is 17.4 Å². The van der Waals surface area contributed by atoms with Crippen molar-refractivity contribution < 1.29 is 5.11 Å². The molecule has 1 atom stereocenters. The Kier molecular flexibility index (Phi) is 7.16. The van der Waals surface area contributed by atoms with Crippen LogP contribution >= 0.6 is 11.8 Å². The summed E-state index contributed by atoms with van der Waals surface area (Å²) in [6, 6.07) is 7.53. The summed E-state index contributed by atoms with van der Waals surface area (Å²) in [6.07, 6.45) is -0.465. The van der Waals surface area contributed by atoms with Crippen LogP contribution in [0.1, 0.15) is 25.5 Å². The van der Waals surface area contributed by atoms with Gasteiger partial charge in [-0.1, -0.05) is 32.0 Å². The van der Waals surface area contributed by atoms with Crippen molar-refractivity contribution in [3.63, 3.8) is 0 Å². The van der Waals surface area contributed by atoms with Crippen LogP contribution in [0, 0.1) is 0 Å². The minimum absolute atomic E-state index is 0.465. The predicted molar refractivity (Wildman–Crippen MR) is 80.9 cm³/mol. The molecular formula is C14H24N2OS. The SMILES string of the molecule is CCN(CC)CCSCC(O)c1ccccc1N. The number of benzene rings is 1. The van der Waals surface area contributed by atoms with Gasteiger partial charge in [0.2, 0.25) is 0 Å². The largest absolute Gasteiger partial charge is 0.398 e. The van der Waals surface area contributed by atoms with Gasteiger partial charge in [-0.25, -0.2) is 0 Å². The topological polar surface area (TPSA) is 49.5 Å². The molecule has 1 rings (SSSR count). The molecule has 0 amide bonds. The number of aliphatic hydroxyl groups excluding tert-OH is 1. The van der Waals surface area contributed by atoms with Crippen molar-refractivity contribution in [2.24, 2.45) is 0 Å². The van der Waals surface area contributed by atoms with Gasteiger partial charge >= 0.3 is 0 Å². The van der Waals surface area contributed by atoms with Crippen LogP contribution in [0.5, 0.6) is 0 Å². The zero-order chi connectivity index (χ0) is 13.4. The number of nitrogens with zero attached hydrogens (tertiary/aromatic N) is 1. The molecule has 0 radical (unpaired) electrons. The zero-order valence-electron chi connectivity index (χ0n) is 11.3. The van der Waals surface area contributed by atoms with Gasteiger partial charge in [-0.2, -0.15) is 11.8 Å². The second kappa shape index (κ2) is 8.40. The maximum atomic E-state index is 10.1. The van der Waals surface area contributed by atoms with Gasteiger partial charge in [-0.05, 0) is 19.2 Å². The van der Waals surface area contributed by atoms with Crippen LogP contribution < -0.4 is 5.73 Å². The summed E-state index contributed by atoms with van der Waals surface area (Å²) < 4.78 is 0. The molecule has 3 nitrogen and oxygen atoms in total. The molecule has 0 fully saturated rings. The van der Waals surface area contributed by atoms with Crippen molar-refractivity contribution in [2.45, 2.75) is 20.0 Å². The third-order valence-electron chi connectivity index (χ3n) is 3.08. The first-order valence-corrected chi connectivity index (χ1v) is 7.67. The average Bonchev–Trinajstić information content (AvgIpc) is 2.39. The monoisotopic (exact) mass is 268 g/mol. The highest BCUT2D eigenvalue weighted by Gasteiger charge is 2.10. The van der Waals surface area contributed by atoms with Crippen LogP contribution in [0.15, 0.2) is 24.3 Å². The summed E-state index contributed by atoms with van der Waals surface area (Å²) in [5.74, 6) is 1.75. The van der Waals surface area contributed by atoms with Crippen LogP contribution in [-0.4, -0.2) is 41.1 Å². The minimum atomic E-state index is -0.465. The number of hydrogen-bond donors (Lipinski definition) is 2. The molecule has 0 saturated carbocycles. The van der Waals surface area contributed by atoms with Crippen LogP contribution in [0.25, 0.3) is 0 Å². The molecule has 0 bridgehead atoms. The number of thioether (sulfide) groups is 1. The van der Waals surface area contributed by atoms with Gasteiger partial charge in [0.15, 0.2) is 0 Å². The fourth-order valence-corrected chi connectivity index (χ4v) is 2.79. The Labute approximate surface area is 114 Å². The van der Waals surface area contributed by atoms with E-state index >= 15 is 0 Å². The molecular weight excluding hydrogens is 244 g/mol. The fourth-order valence-electron chi connectivity index (χ4n) is 1.83. The molecule has 0 aliphatic heterocycles. The summed E-state index contributed by atoms with van der Waals surface area (Å²) >= 11 is 1.78. The quantitative estimate of drug-likeness (QED) is 0.561. The van der Waals surface area contributed by atoms with Crippen molar-refractivity contribution in [1.82, 2.24) is 4.90 Å². The maximum Gasteiger partial charge on any atom is 0.0900 e. The van der Waals surface area contributed by atoms with E-state index in [4.69, 9.17) is 5.73 Å². The van der Waals surface area contributed by atoms with Crippen LogP contribution in [0.3, 0.4) is 0 Å². The van der Waals surface area contributed by atoms with Crippen LogP contribution in [0.4, 0.5) is 5.69 Å². The zero-order valence-corrected chi connectivity index (χ0v) is 12.1. The Balaban J connectivity index is 2.29. The number of anilines is 1. The van der Waals surface area contributed by atoms with E-state index in [1.54, 1.807) is 11.8 Å². The normalized spacial score (nSPS) is 12.9. The highest BCUT2D eigenvalue weighted by Crippen LogP contribution is 2.23. The molecule has 3 N–H and O–H groups in total. The first kappa shape index (κ1) is 15.3. The Morgan fingerprint density at radius 3 is 2.56 bits per heavy atom. The van der Waals surface area contributed by atoms with Crippen molar-refractivity contribution in [3.8, 4) is 0 Å². The van der Waals surface area contributed by atoms with E-state index in [0.717, 1.165) is 31.0 Å². The molecule has 0 aliphatic carbocycles. The second-order valence-corrected chi connectivity index (χ2v) is 5.40. The molecule has 1 aromatic rings. The fraction of sp³-hybridized carbons (Fsp3) is 0.571. The van der Waals surface area contributed by atoms with Crippen LogP contribution in [-0.2, 0) is 0 Å². The highest BCUT2D eigenvalue weighted by molar-refractivity contribution is 7.99. The van der Waals surface area contributed by atoms with Crippen molar-refractivity contribution in [2.75, 3.05) is 36.9 Å². The summed E-state index contributed by atoms with van der Waals surface area (Å²) in [6.45, 7) is 7.60. The Morgan fingerprint density at radius 2 is 1.94 bits per heavy atom. The van der Waals surface area contributed by atoms with E-state index in [9.17, 15) is 5.11 Å². The van der Waals surface area contributed by atoms with Gasteiger partial charge < -0.3 is 15.7 Å². The van der Waals surface area contributed by atoms with Gasteiger partial charge in [0.1, 0.15) is 0 Å². The molecule has 0 aromatic heterocycles. The number of hydrogen-bond acceptors (Lipinski definition) is 4. The number of nitrogens with two attached hydrogens (primary N) is 1. The van der Waals surface area contributed by atoms with E-state index in [1.165, 1.54) is 0 Å². The molecule has 0 heterocycles. The smallest absolute Gasteiger partial charge is 0.0900 e. The summed E-state index contributed by atoms with van der Waals surface area (Å²) in [5.41, 5.74) is 7.36.